The highest BCUT2D eigenvalue weighted by Gasteiger charge is 2.09. The first-order valence-corrected chi connectivity index (χ1v) is 17.3. The molecule has 0 aromatic rings. The molecule has 0 aromatic heterocycles. The van der Waals surface area contributed by atoms with Crippen LogP contribution in [0.1, 0.15) is 19.3 Å². The lowest BCUT2D eigenvalue weighted by Crippen LogP contribution is -2.39. The molecule has 0 aliphatic heterocycles. The van der Waals surface area contributed by atoms with Crippen molar-refractivity contribution in [3.05, 3.63) is 0 Å². The van der Waals surface area contributed by atoms with Gasteiger partial charge in [0.2, 0.25) is 0 Å². The molecule has 9 heteroatoms. The zero-order chi connectivity index (χ0) is 19.6. The third-order valence-corrected chi connectivity index (χ3v) is 7.64. The molecule has 0 amide bonds. The monoisotopic (exact) mass is 413 g/mol. The quantitative estimate of drug-likeness (QED) is 0.221. The van der Waals surface area contributed by atoms with Crippen molar-refractivity contribution in [3.8, 4) is 0 Å². The third-order valence-electron chi connectivity index (χ3n) is 3.46. The summed E-state index contributed by atoms with van der Waals surface area (Å²) in [5, 5.41) is 6.53. The van der Waals surface area contributed by atoms with Gasteiger partial charge in [-0.25, -0.2) is 0 Å². The number of aliphatic imine (C=N–C) groups is 1. The topological polar surface area (TPSA) is 87.6 Å². The fraction of sp³-hybridized carbons (Fsp3) is 0.938. The van der Waals surface area contributed by atoms with E-state index in [0.29, 0.717) is 12.7 Å². The Morgan fingerprint density at radius 1 is 0.680 bits per heavy atom. The Balaban J connectivity index is 4.36. The molecule has 0 aliphatic carbocycles. The second-order valence-corrected chi connectivity index (χ2v) is 18.8. The van der Waals surface area contributed by atoms with E-state index >= 15 is 0 Å². The van der Waals surface area contributed by atoms with E-state index in [-0.39, 0.29) is 0 Å². The molecule has 0 radical (unpaired) electrons. The summed E-state index contributed by atoms with van der Waals surface area (Å²) in [4.78, 5) is 4.53. The van der Waals surface area contributed by atoms with E-state index in [1.165, 1.54) is 0 Å². The molecule has 0 saturated heterocycles. The molecule has 0 heterocycles. The summed E-state index contributed by atoms with van der Waals surface area (Å²) in [6.07, 6.45) is 4.61. The number of hydrogen-bond donors (Lipinski definition) is 2. The molecule has 0 bridgehead atoms. The molecule has 0 unspecified atom stereocenters. The molecule has 0 saturated carbocycles. The Morgan fingerprint density at radius 2 is 1.04 bits per heavy atom. The summed E-state index contributed by atoms with van der Waals surface area (Å²) in [5.74, 6) is 0.728. The van der Waals surface area contributed by atoms with Crippen LogP contribution in [0, 0.1) is 0 Å². The SMILES string of the molecule is CP(C)(=O)CCCN=C(NCCCP(C)(C)=O)NCCCP(C)(C)=O. The van der Waals surface area contributed by atoms with Crippen LogP contribution < -0.4 is 10.6 Å². The van der Waals surface area contributed by atoms with Gasteiger partial charge >= 0.3 is 0 Å². The second-order valence-electron chi connectivity index (χ2n) is 8.04. The number of nitrogens with zero attached hydrogens (tertiary/aromatic N) is 1. The summed E-state index contributed by atoms with van der Waals surface area (Å²) < 4.78 is 35.2. The van der Waals surface area contributed by atoms with E-state index in [0.717, 1.165) is 50.6 Å². The second kappa shape index (κ2) is 11.6. The van der Waals surface area contributed by atoms with E-state index in [4.69, 9.17) is 0 Å². The van der Waals surface area contributed by atoms with Crippen LogP contribution in [0.15, 0.2) is 4.99 Å². The Hall–Kier alpha value is -0.0400. The van der Waals surface area contributed by atoms with Crippen LogP contribution >= 0.6 is 21.4 Å². The average Bonchev–Trinajstić information content (AvgIpc) is 2.40. The maximum atomic E-state index is 11.7. The van der Waals surface area contributed by atoms with Crippen molar-refractivity contribution in [2.45, 2.75) is 19.3 Å². The number of guanidine groups is 1. The van der Waals surface area contributed by atoms with Gasteiger partial charge in [-0.1, -0.05) is 0 Å². The van der Waals surface area contributed by atoms with Crippen molar-refractivity contribution in [2.24, 2.45) is 4.99 Å². The van der Waals surface area contributed by atoms with Gasteiger partial charge in [0.25, 0.3) is 0 Å². The maximum Gasteiger partial charge on any atom is 0.191 e. The van der Waals surface area contributed by atoms with Gasteiger partial charge in [0, 0.05) is 38.1 Å². The van der Waals surface area contributed by atoms with E-state index < -0.39 is 21.4 Å². The van der Waals surface area contributed by atoms with Crippen molar-refractivity contribution in [2.75, 3.05) is 78.1 Å². The number of hydrogen-bond acceptors (Lipinski definition) is 4. The van der Waals surface area contributed by atoms with Crippen molar-refractivity contribution < 1.29 is 13.7 Å². The van der Waals surface area contributed by atoms with Crippen LogP contribution in [-0.4, -0.2) is 84.1 Å². The molecule has 0 fully saturated rings. The van der Waals surface area contributed by atoms with Crippen molar-refractivity contribution in [3.63, 3.8) is 0 Å². The Labute approximate surface area is 154 Å². The largest absolute Gasteiger partial charge is 0.356 e. The molecule has 0 aromatic carbocycles. The van der Waals surface area contributed by atoms with Crippen LogP contribution in [0.3, 0.4) is 0 Å². The van der Waals surface area contributed by atoms with Crippen molar-refractivity contribution in [1.29, 1.82) is 0 Å². The molecule has 0 atom stereocenters. The summed E-state index contributed by atoms with van der Waals surface area (Å²) in [6, 6.07) is 0. The first-order valence-electron chi connectivity index (χ1n) is 8.93. The van der Waals surface area contributed by atoms with Crippen molar-refractivity contribution >= 4 is 27.4 Å². The highest BCUT2D eigenvalue weighted by atomic mass is 31.2. The molecular formula is C16H38N3O3P3. The summed E-state index contributed by atoms with van der Waals surface area (Å²) in [6.45, 7) is 12.9. The van der Waals surface area contributed by atoms with Crippen LogP contribution in [0.5, 0.6) is 0 Å². The summed E-state index contributed by atoms with van der Waals surface area (Å²) in [7, 11) is -5.94. The van der Waals surface area contributed by atoms with Gasteiger partial charge in [-0.05, 0) is 59.3 Å². The molecule has 0 aliphatic rings. The minimum atomic E-state index is -1.99. The Morgan fingerprint density at radius 3 is 1.40 bits per heavy atom. The van der Waals surface area contributed by atoms with Gasteiger partial charge in [-0.2, -0.15) is 0 Å². The van der Waals surface area contributed by atoms with Crippen LogP contribution in [0.4, 0.5) is 0 Å². The Bertz CT molecular complexity index is 514. The predicted molar refractivity (Wildman–Crippen MR) is 115 cm³/mol. The lowest BCUT2D eigenvalue weighted by atomic mass is 10.4. The zero-order valence-electron chi connectivity index (χ0n) is 16.9. The lowest BCUT2D eigenvalue weighted by molar-refractivity contribution is 0.579. The summed E-state index contributed by atoms with van der Waals surface area (Å²) >= 11 is 0. The first kappa shape index (κ1) is 25.0. The average molecular weight is 413 g/mol. The molecular weight excluding hydrogens is 375 g/mol. The number of nitrogens with one attached hydrogen (secondary N) is 2. The molecule has 0 rings (SSSR count). The fourth-order valence-electron chi connectivity index (χ4n) is 2.15. The Kier molecular flexibility index (Phi) is 11.6. The van der Waals surface area contributed by atoms with Crippen LogP contribution in [0.2, 0.25) is 0 Å². The highest BCUT2D eigenvalue weighted by Crippen LogP contribution is 2.37. The lowest BCUT2D eigenvalue weighted by Gasteiger charge is -2.14. The number of rotatable bonds is 12. The third kappa shape index (κ3) is 20.1. The highest BCUT2D eigenvalue weighted by molar-refractivity contribution is 7.62. The first-order chi connectivity index (χ1) is 11.3. The minimum Gasteiger partial charge on any atom is -0.356 e. The minimum absolute atomic E-state index is 0.626. The predicted octanol–water partition coefficient (Wildman–Crippen LogP) is 3.56. The zero-order valence-corrected chi connectivity index (χ0v) is 19.6. The fourth-order valence-corrected chi connectivity index (χ4v) is 4.89. The molecule has 150 valence electrons. The standard InChI is InChI=1S/C16H38N3O3P3/c1-23(2,20)13-7-10-17-16(18-11-8-14-24(3,4)21)19-12-9-15-25(5,6)22/h7-15H2,1-6H3,(H2,17,18,19). The van der Waals surface area contributed by atoms with E-state index in [1.807, 2.05) is 26.7 Å². The van der Waals surface area contributed by atoms with E-state index in [2.05, 4.69) is 15.6 Å². The van der Waals surface area contributed by atoms with Crippen LogP contribution in [-0.2, 0) is 13.7 Å². The molecule has 0 spiro atoms. The molecule has 6 nitrogen and oxygen atoms in total. The van der Waals surface area contributed by atoms with Gasteiger partial charge in [-0.15, -0.1) is 0 Å². The van der Waals surface area contributed by atoms with E-state index in [1.54, 1.807) is 13.3 Å². The van der Waals surface area contributed by atoms with Gasteiger partial charge in [0.15, 0.2) is 5.96 Å². The smallest absolute Gasteiger partial charge is 0.191 e. The van der Waals surface area contributed by atoms with E-state index in [9.17, 15) is 13.7 Å². The molecule has 25 heavy (non-hydrogen) atoms. The van der Waals surface area contributed by atoms with Crippen molar-refractivity contribution in [1.82, 2.24) is 10.6 Å². The van der Waals surface area contributed by atoms with Gasteiger partial charge in [-0.3, -0.25) is 4.99 Å². The molecule has 2 N–H and O–H groups in total. The maximum absolute atomic E-state index is 11.7. The van der Waals surface area contributed by atoms with Gasteiger partial charge in [0.1, 0.15) is 0 Å². The van der Waals surface area contributed by atoms with Gasteiger partial charge < -0.3 is 24.3 Å². The van der Waals surface area contributed by atoms with Crippen LogP contribution in [0.25, 0.3) is 0 Å². The van der Waals surface area contributed by atoms with Gasteiger partial charge in [0.05, 0.1) is 21.4 Å². The summed E-state index contributed by atoms with van der Waals surface area (Å²) in [5.41, 5.74) is 0. The normalized spacial score (nSPS) is 12.7.